The van der Waals surface area contributed by atoms with Crippen LogP contribution in [0.25, 0.3) is 0 Å². The van der Waals surface area contributed by atoms with Crippen molar-refractivity contribution in [1.29, 1.82) is 0 Å². The Labute approximate surface area is 86.5 Å². The second-order valence-electron chi connectivity index (χ2n) is 4.42. The van der Waals surface area contributed by atoms with Gasteiger partial charge in [0.05, 0.1) is 0 Å². The fourth-order valence-corrected chi connectivity index (χ4v) is 2.12. The zero-order valence-electron chi connectivity index (χ0n) is 9.30. The van der Waals surface area contributed by atoms with Gasteiger partial charge in [-0.25, -0.2) is 0 Å². The molecule has 0 aliphatic carbocycles. The average Bonchev–Trinajstić information content (AvgIpc) is 2.23. The number of aryl methyl sites for hydroxylation is 1. The Hall–Kier alpha value is -0.980. The molecule has 1 aromatic carbocycles. The van der Waals surface area contributed by atoms with E-state index in [2.05, 4.69) is 44.3 Å². The highest BCUT2D eigenvalue weighted by atomic mass is 14.9. The van der Waals surface area contributed by atoms with Crippen molar-refractivity contribution >= 4 is 5.69 Å². The molecule has 14 heavy (non-hydrogen) atoms. The van der Waals surface area contributed by atoms with Gasteiger partial charge in [0.1, 0.15) is 0 Å². The summed E-state index contributed by atoms with van der Waals surface area (Å²) in [7, 11) is 0. The van der Waals surface area contributed by atoms with Gasteiger partial charge in [0.25, 0.3) is 0 Å². The largest absolute Gasteiger partial charge is 0.385 e. The molecule has 1 aromatic rings. The van der Waals surface area contributed by atoms with Gasteiger partial charge in [0, 0.05) is 12.2 Å². The Morgan fingerprint density at radius 1 is 1.36 bits per heavy atom. The van der Waals surface area contributed by atoms with Crippen molar-refractivity contribution < 1.29 is 0 Å². The Balaban J connectivity index is 2.41. The lowest BCUT2D eigenvalue weighted by atomic mass is 9.84. The maximum Gasteiger partial charge on any atom is 0.0375 e. The summed E-state index contributed by atoms with van der Waals surface area (Å²) in [6.45, 7) is 7.98. The third-order valence-electron chi connectivity index (χ3n) is 3.48. The minimum absolute atomic E-state index is 0.692. The van der Waals surface area contributed by atoms with E-state index in [1.54, 1.807) is 0 Å². The molecule has 0 saturated heterocycles. The van der Waals surface area contributed by atoms with Crippen LogP contribution in [-0.4, -0.2) is 6.54 Å². The number of nitrogens with one attached hydrogen (secondary N) is 1. The van der Waals surface area contributed by atoms with Gasteiger partial charge in [-0.2, -0.15) is 0 Å². The summed E-state index contributed by atoms with van der Waals surface area (Å²) >= 11 is 0. The van der Waals surface area contributed by atoms with Crippen molar-refractivity contribution in [3.05, 3.63) is 29.3 Å². The maximum absolute atomic E-state index is 3.49. The van der Waals surface area contributed by atoms with Gasteiger partial charge in [0.2, 0.25) is 0 Å². The molecule has 2 unspecified atom stereocenters. The smallest absolute Gasteiger partial charge is 0.0375 e. The van der Waals surface area contributed by atoms with Crippen molar-refractivity contribution in [3.63, 3.8) is 0 Å². The van der Waals surface area contributed by atoms with Gasteiger partial charge in [0.15, 0.2) is 0 Å². The molecule has 0 saturated carbocycles. The van der Waals surface area contributed by atoms with Crippen molar-refractivity contribution in [2.75, 3.05) is 11.9 Å². The summed E-state index contributed by atoms with van der Waals surface area (Å²) < 4.78 is 0. The monoisotopic (exact) mass is 189 g/mol. The molecule has 0 spiro atoms. The highest BCUT2D eigenvalue weighted by molar-refractivity contribution is 5.56. The first-order valence-electron chi connectivity index (χ1n) is 5.59. The second kappa shape index (κ2) is 3.64. The van der Waals surface area contributed by atoms with Crippen LogP contribution in [0.5, 0.6) is 0 Å². The van der Waals surface area contributed by atoms with E-state index < -0.39 is 0 Å². The summed E-state index contributed by atoms with van der Waals surface area (Å²) in [4.78, 5) is 0. The fraction of sp³-hybridized carbons (Fsp3) is 0.538. The van der Waals surface area contributed by atoms with Gasteiger partial charge in [-0.3, -0.25) is 0 Å². The number of hydrogen-bond acceptors (Lipinski definition) is 1. The van der Waals surface area contributed by atoms with E-state index >= 15 is 0 Å². The van der Waals surface area contributed by atoms with Crippen LogP contribution in [-0.2, 0) is 6.42 Å². The minimum Gasteiger partial charge on any atom is -0.385 e. The summed E-state index contributed by atoms with van der Waals surface area (Å²) in [5.41, 5.74) is 4.29. The van der Waals surface area contributed by atoms with E-state index in [0.717, 1.165) is 18.9 Å². The predicted octanol–water partition coefficient (Wildman–Crippen LogP) is 3.41. The van der Waals surface area contributed by atoms with E-state index in [0.29, 0.717) is 5.92 Å². The van der Waals surface area contributed by atoms with Gasteiger partial charge < -0.3 is 5.32 Å². The SMILES string of the molecule is CCc1ccc2c(c1)C(C)C(C)CN2. The zero-order valence-corrected chi connectivity index (χ0v) is 9.30. The van der Waals surface area contributed by atoms with Crippen LogP contribution >= 0.6 is 0 Å². The van der Waals surface area contributed by atoms with Crippen molar-refractivity contribution in [2.24, 2.45) is 5.92 Å². The molecule has 1 heteroatoms. The molecule has 0 amide bonds. The Kier molecular flexibility index (Phi) is 2.49. The van der Waals surface area contributed by atoms with E-state index in [4.69, 9.17) is 0 Å². The third-order valence-corrected chi connectivity index (χ3v) is 3.48. The van der Waals surface area contributed by atoms with Crippen LogP contribution in [0, 0.1) is 5.92 Å². The van der Waals surface area contributed by atoms with Gasteiger partial charge in [-0.05, 0) is 35.4 Å². The zero-order chi connectivity index (χ0) is 10.1. The first kappa shape index (κ1) is 9.57. The quantitative estimate of drug-likeness (QED) is 0.714. The molecule has 1 aliphatic heterocycles. The van der Waals surface area contributed by atoms with E-state index in [1.807, 2.05) is 0 Å². The Bertz CT molecular complexity index is 330. The molecular weight excluding hydrogens is 170 g/mol. The third kappa shape index (κ3) is 1.52. The standard InChI is InChI=1S/C13H19N/c1-4-11-5-6-13-12(7-11)10(3)9(2)8-14-13/h5-7,9-10,14H,4,8H2,1-3H3. The predicted molar refractivity (Wildman–Crippen MR) is 61.9 cm³/mol. The molecule has 1 heterocycles. The number of fused-ring (bicyclic) bond motifs is 1. The molecule has 1 aliphatic rings. The Morgan fingerprint density at radius 3 is 2.86 bits per heavy atom. The van der Waals surface area contributed by atoms with Crippen LogP contribution in [0.2, 0.25) is 0 Å². The first-order chi connectivity index (χ1) is 6.72. The highest BCUT2D eigenvalue weighted by Gasteiger charge is 2.22. The normalized spacial score (nSPS) is 25.4. The molecule has 0 fully saturated rings. The lowest BCUT2D eigenvalue weighted by molar-refractivity contribution is 0.497. The second-order valence-corrected chi connectivity index (χ2v) is 4.42. The van der Waals surface area contributed by atoms with Crippen molar-refractivity contribution in [1.82, 2.24) is 0 Å². The molecule has 2 rings (SSSR count). The van der Waals surface area contributed by atoms with Crippen LogP contribution in [0.3, 0.4) is 0 Å². The van der Waals surface area contributed by atoms with Gasteiger partial charge in [-0.1, -0.05) is 32.9 Å². The van der Waals surface area contributed by atoms with E-state index in [1.165, 1.54) is 16.8 Å². The molecule has 0 bridgehead atoms. The van der Waals surface area contributed by atoms with Crippen molar-refractivity contribution in [2.45, 2.75) is 33.1 Å². The number of anilines is 1. The Morgan fingerprint density at radius 2 is 2.14 bits per heavy atom. The topological polar surface area (TPSA) is 12.0 Å². The molecular formula is C13H19N. The molecule has 1 N–H and O–H groups in total. The molecule has 0 radical (unpaired) electrons. The highest BCUT2D eigenvalue weighted by Crippen LogP contribution is 2.35. The number of benzene rings is 1. The maximum atomic E-state index is 3.49. The lowest BCUT2D eigenvalue weighted by Crippen LogP contribution is -2.24. The average molecular weight is 189 g/mol. The summed E-state index contributed by atoms with van der Waals surface area (Å²) in [6.07, 6.45) is 1.13. The van der Waals surface area contributed by atoms with Crippen LogP contribution in [0.15, 0.2) is 18.2 Å². The molecule has 76 valence electrons. The fourth-order valence-electron chi connectivity index (χ4n) is 2.12. The molecule has 0 aromatic heterocycles. The number of hydrogen-bond donors (Lipinski definition) is 1. The van der Waals surface area contributed by atoms with Crippen molar-refractivity contribution in [3.8, 4) is 0 Å². The summed E-state index contributed by atoms with van der Waals surface area (Å²) in [5.74, 6) is 1.44. The number of rotatable bonds is 1. The molecule has 1 nitrogen and oxygen atoms in total. The van der Waals surface area contributed by atoms with Crippen LogP contribution in [0.1, 0.15) is 37.8 Å². The summed E-state index contributed by atoms with van der Waals surface area (Å²) in [6, 6.07) is 6.83. The van der Waals surface area contributed by atoms with Crippen LogP contribution in [0.4, 0.5) is 5.69 Å². The first-order valence-corrected chi connectivity index (χ1v) is 5.59. The lowest BCUT2D eigenvalue weighted by Gasteiger charge is -2.30. The van der Waals surface area contributed by atoms with Gasteiger partial charge in [-0.15, -0.1) is 0 Å². The van der Waals surface area contributed by atoms with Gasteiger partial charge >= 0.3 is 0 Å². The van der Waals surface area contributed by atoms with Crippen LogP contribution < -0.4 is 5.32 Å². The molecule has 2 atom stereocenters. The van der Waals surface area contributed by atoms with E-state index in [9.17, 15) is 0 Å². The minimum atomic E-state index is 0.692. The van der Waals surface area contributed by atoms with E-state index in [-0.39, 0.29) is 0 Å². The summed E-state index contributed by atoms with van der Waals surface area (Å²) in [5, 5.41) is 3.49.